The van der Waals surface area contributed by atoms with E-state index in [-0.39, 0.29) is 36.4 Å². The fourth-order valence-corrected chi connectivity index (χ4v) is 7.69. The summed E-state index contributed by atoms with van der Waals surface area (Å²) < 4.78 is 15.4. The highest BCUT2D eigenvalue weighted by Crippen LogP contribution is 2.61. The molecule has 8 nitrogen and oxygen atoms in total. The van der Waals surface area contributed by atoms with Crippen LogP contribution < -0.4 is 0 Å². The first-order chi connectivity index (χ1) is 22.9. The molecule has 230 valence electrons. The van der Waals surface area contributed by atoms with Gasteiger partial charge in [-0.25, -0.2) is 9.37 Å². The van der Waals surface area contributed by atoms with E-state index in [1.54, 1.807) is 61.1 Å². The molecule has 9 heteroatoms. The van der Waals surface area contributed by atoms with Crippen LogP contribution in [0.3, 0.4) is 0 Å². The predicted molar refractivity (Wildman–Crippen MR) is 173 cm³/mol. The second-order valence-corrected chi connectivity index (χ2v) is 12.9. The highest BCUT2D eigenvalue weighted by atomic mass is 19.1. The summed E-state index contributed by atoms with van der Waals surface area (Å²) in [6.45, 7) is 0. The molecular weight excluding hydrogens is 593 g/mol. The molecule has 3 aromatic heterocycles. The number of nitrogens with zero attached hydrogens (tertiary/aromatic N) is 4. The van der Waals surface area contributed by atoms with Crippen LogP contribution >= 0.6 is 0 Å². The van der Waals surface area contributed by atoms with E-state index in [4.69, 9.17) is 4.98 Å². The lowest BCUT2D eigenvalue weighted by atomic mass is 9.58. The number of pyridine rings is 2. The molecule has 0 unspecified atom stereocenters. The van der Waals surface area contributed by atoms with Crippen LogP contribution in [0.5, 0.6) is 0 Å². The minimum absolute atomic E-state index is 0.177. The van der Waals surface area contributed by atoms with Gasteiger partial charge in [0.2, 0.25) is 0 Å². The van der Waals surface area contributed by atoms with Gasteiger partial charge in [-0.3, -0.25) is 24.6 Å². The molecule has 3 aliphatic rings. The molecule has 2 saturated carbocycles. The number of halogens is 1. The van der Waals surface area contributed by atoms with Crippen molar-refractivity contribution in [3.63, 3.8) is 0 Å². The molecule has 2 fully saturated rings. The summed E-state index contributed by atoms with van der Waals surface area (Å²) in [4.78, 5) is 38.5. The summed E-state index contributed by atoms with van der Waals surface area (Å²) in [6, 6.07) is 24.8. The van der Waals surface area contributed by atoms with E-state index in [1.165, 1.54) is 11.0 Å². The minimum Gasteiger partial charge on any atom is -0.389 e. The number of fused-ring (bicyclic) bond motifs is 2. The van der Waals surface area contributed by atoms with Gasteiger partial charge < -0.3 is 5.11 Å². The SMILES string of the molecule is O=C1c2ccccc2C(=O)N1[C@]1(c2ccc(-c3nc4ccnc(-c5cn[nH]c5)c4cc3-c3ccccc3F)cc2)C[C@](O)(C2CC2)C1. The van der Waals surface area contributed by atoms with Gasteiger partial charge in [0.1, 0.15) is 5.82 Å². The smallest absolute Gasteiger partial charge is 0.262 e. The number of benzene rings is 3. The van der Waals surface area contributed by atoms with Crippen molar-refractivity contribution in [1.29, 1.82) is 0 Å². The number of rotatable bonds is 6. The van der Waals surface area contributed by atoms with Crippen LogP contribution in [0.25, 0.3) is 44.5 Å². The number of imide groups is 1. The number of H-pyrrole nitrogens is 1. The van der Waals surface area contributed by atoms with Gasteiger partial charge in [0.25, 0.3) is 11.8 Å². The van der Waals surface area contributed by atoms with Crippen molar-refractivity contribution in [2.24, 2.45) is 5.92 Å². The van der Waals surface area contributed by atoms with Crippen LogP contribution in [-0.2, 0) is 5.54 Å². The summed E-state index contributed by atoms with van der Waals surface area (Å²) >= 11 is 0. The third kappa shape index (κ3) is 4.12. The van der Waals surface area contributed by atoms with Crippen LogP contribution in [0.15, 0.2) is 104 Å². The normalized spacial score (nSPS) is 22.0. The average molecular weight is 622 g/mol. The molecule has 6 aromatic rings. The lowest BCUT2D eigenvalue weighted by molar-refractivity contribution is -0.143. The molecular formula is C38H28FN5O3. The molecule has 4 heterocycles. The average Bonchev–Trinajstić information content (AvgIpc) is 3.75. The molecule has 0 saturated heterocycles. The number of carbonyl (C=O) groups excluding carboxylic acids is 2. The van der Waals surface area contributed by atoms with Crippen LogP contribution in [0, 0.1) is 11.7 Å². The number of carbonyl (C=O) groups is 2. The topological polar surface area (TPSA) is 112 Å². The van der Waals surface area contributed by atoms with Gasteiger partial charge >= 0.3 is 0 Å². The minimum atomic E-state index is -0.987. The fraction of sp³-hybridized carbons (Fsp3) is 0.184. The van der Waals surface area contributed by atoms with Gasteiger partial charge in [-0.2, -0.15) is 5.10 Å². The van der Waals surface area contributed by atoms with Crippen molar-refractivity contribution in [1.82, 2.24) is 25.1 Å². The standard InChI is InChI=1S/C38H28FN5O3/c39-31-8-4-3-5-26(31)29-17-30-32(15-16-40-33(30)23-18-41-42-19-23)43-34(29)22-9-11-24(12-10-22)37(20-38(47,21-37)25-13-14-25)44-35(45)27-6-1-2-7-28(27)36(44)46/h1-12,15-19,25,47H,13-14,20-21H2,(H,41,42)/t37-,38-. The maximum Gasteiger partial charge on any atom is 0.262 e. The number of hydrogen-bond acceptors (Lipinski definition) is 6. The zero-order valence-electron chi connectivity index (χ0n) is 25.2. The molecule has 0 radical (unpaired) electrons. The van der Waals surface area contributed by atoms with E-state index in [2.05, 4.69) is 15.2 Å². The maximum absolute atomic E-state index is 15.4. The molecule has 2 aliphatic carbocycles. The molecule has 2 N–H and O–H groups in total. The molecule has 0 bridgehead atoms. The van der Waals surface area contributed by atoms with Gasteiger partial charge in [-0.1, -0.05) is 54.6 Å². The molecule has 1 aliphatic heterocycles. The van der Waals surface area contributed by atoms with Crippen LogP contribution in [0.1, 0.15) is 52.0 Å². The summed E-state index contributed by atoms with van der Waals surface area (Å²) in [7, 11) is 0. The Labute approximate surface area is 268 Å². The lowest BCUT2D eigenvalue weighted by Crippen LogP contribution is -2.65. The van der Waals surface area contributed by atoms with Crippen molar-refractivity contribution in [2.75, 3.05) is 0 Å². The van der Waals surface area contributed by atoms with E-state index in [0.29, 0.717) is 39.2 Å². The first-order valence-electron chi connectivity index (χ1n) is 15.7. The Morgan fingerprint density at radius 3 is 2.13 bits per heavy atom. The quantitative estimate of drug-likeness (QED) is 0.195. The lowest BCUT2D eigenvalue weighted by Gasteiger charge is -2.57. The first-order valence-corrected chi connectivity index (χ1v) is 15.7. The van der Waals surface area contributed by atoms with E-state index < -0.39 is 11.1 Å². The van der Waals surface area contributed by atoms with Crippen LogP contribution in [-0.4, -0.2) is 47.6 Å². The van der Waals surface area contributed by atoms with Crippen LogP contribution in [0.4, 0.5) is 4.39 Å². The fourth-order valence-electron chi connectivity index (χ4n) is 7.69. The second kappa shape index (κ2) is 9.98. The largest absolute Gasteiger partial charge is 0.389 e. The number of aliphatic hydroxyl groups is 1. The van der Waals surface area contributed by atoms with E-state index in [0.717, 1.165) is 34.9 Å². The highest BCUT2D eigenvalue weighted by molar-refractivity contribution is 6.22. The van der Waals surface area contributed by atoms with Gasteiger partial charge in [-0.05, 0) is 54.7 Å². The van der Waals surface area contributed by atoms with E-state index in [1.807, 2.05) is 36.4 Å². The molecule has 47 heavy (non-hydrogen) atoms. The zero-order valence-corrected chi connectivity index (χ0v) is 25.2. The molecule has 2 amide bonds. The van der Waals surface area contributed by atoms with Crippen molar-refractivity contribution in [3.8, 4) is 33.6 Å². The Balaban J connectivity index is 1.18. The van der Waals surface area contributed by atoms with Crippen molar-refractivity contribution < 1.29 is 19.1 Å². The summed E-state index contributed by atoms with van der Waals surface area (Å²) in [5, 5.41) is 19.2. The Morgan fingerprint density at radius 1 is 0.809 bits per heavy atom. The van der Waals surface area contributed by atoms with Crippen molar-refractivity contribution >= 4 is 22.7 Å². The molecule has 3 aromatic carbocycles. The summed E-state index contributed by atoms with van der Waals surface area (Å²) in [5.74, 6) is -0.879. The number of aromatic nitrogens is 4. The summed E-state index contributed by atoms with van der Waals surface area (Å²) in [5.41, 5.74) is 4.10. The van der Waals surface area contributed by atoms with Crippen molar-refractivity contribution in [3.05, 3.63) is 126 Å². The first kappa shape index (κ1) is 27.7. The van der Waals surface area contributed by atoms with Gasteiger partial charge in [0.15, 0.2) is 0 Å². The zero-order chi connectivity index (χ0) is 31.9. The third-order valence-electron chi connectivity index (χ3n) is 10.1. The Bertz CT molecular complexity index is 2200. The van der Waals surface area contributed by atoms with E-state index >= 15 is 4.39 Å². The van der Waals surface area contributed by atoms with Crippen molar-refractivity contribution in [2.45, 2.75) is 36.8 Å². The third-order valence-corrected chi connectivity index (χ3v) is 10.1. The Kier molecular flexibility index (Phi) is 5.89. The maximum atomic E-state index is 15.4. The summed E-state index contributed by atoms with van der Waals surface area (Å²) in [6.07, 6.45) is 7.59. The van der Waals surface area contributed by atoms with Gasteiger partial charge in [0, 0.05) is 52.9 Å². The number of amides is 2. The van der Waals surface area contributed by atoms with Crippen LogP contribution in [0.2, 0.25) is 0 Å². The van der Waals surface area contributed by atoms with E-state index in [9.17, 15) is 14.7 Å². The highest BCUT2D eigenvalue weighted by Gasteiger charge is 2.66. The predicted octanol–water partition coefficient (Wildman–Crippen LogP) is 6.92. The molecule has 0 spiro atoms. The monoisotopic (exact) mass is 621 g/mol. The number of aromatic amines is 1. The Morgan fingerprint density at radius 2 is 1.49 bits per heavy atom. The van der Waals surface area contributed by atoms with Gasteiger partial charge in [0.05, 0.1) is 45.4 Å². The van der Waals surface area contributed by atoms with Gasteiger partial charge in [-0.15, -0.1) is 0 Å². The Hall–Kier alpha value is -5.54. The second-order valence-electron chi connectivity index (χ2n) is 12.9. The number of nitrogens with one attached hydrogen (secondary N) is 1. The number of hydrogen-bond donors (Lipinski definition) is 2. The molecule has 9 rings (SSSR count). The molecule has 0 atom stereocenters.